The molecule has 1 aromatic heterocycles. The zero-order valence-electron chi connectivity index (χ0n) is 7.31. The lowest BCUT2D eigenvalue weighted by molar-refractivity contribution is -0.176. The summed E-state index contributed by atoms with van der Waals surface area (Å²) in [6, 6.07) is 2.85. The molecule has 7 heteroatoms. The minimum absolute atomic E-state index is 0.0505. The quantitative estimate of drug-likeness (QED) is 0.403. The maximum Gasteiger partial charge on any atom is 0.260 e. The molecule has 0 saturated heterocycles. The van der Waals surface area contributed by atoms with E-state index in [4.69, 9.17) is 22.1 Å². The van der Waals surface area contributed by atoms with Crippen LogP contribution >= 0.6 is 11.6 Å². The van der Waals surface area contributed by atoms with Crippen LogP contribution < -0.4 is 5.56 Å². The number of H-pyrrole nitrogens is 1. The summed E-state index contributed by atoms with van der Waals surface area (Å²) in [5, 5.41) is 21.8. The van der Waals surface area contributed by atoms with Gasteiger partial charge in [0.1, 0.15) is 11.3 Å². The van der Waals surface area contributed by atoms with E-state index < -0.39 is 0 Å². The number of rotatable bonds is 0. The molecule has 6 nitrogen and oxygen atoms in total. The van der Waals surface area contributed by atoms with Gasteiger partial charge in [-0.25, -0.2) is 4.98 Å². The fourth-order valence-electron chi connectivity index (χ4n) is 1.13. The van der Waals surface area contributed by atoms with E-state index in [1.165, 1.54) is 18.5 Å². The molecule has 80 valence electrons. The molecule has 0 unspecified atom stereocenters. The highest BCUT2D eigenvalue weighted by Gasteiger charge is 2.07. The molecule has 4 N–H and O–H groups in total. The molecule has 0 aliphatic heterocycles. The Kier molecular flexibility index (Phi) is 3.62. The van der Waals surface area contributed by atoms with Crippen LogP contribution in [0, 0.1) is 0 Å². The number of aromatic hydroxyl groups is 1. The first-order valence-electron chi connectivity index (χ1n) is 3.75. The predicted molar refractivity (Wildman–Crippen MR) is 54.3 cm³/mol. The minimum Gasteiger partial charge on any atom is -0.506 e. The first-order valence-corrected chi connectivity index (χ1v) is 4.13. The number of phenolic OH excluding ortho intramolecular Hbond substituents is 1. The van der Waals surface area contributed by atoms with Gasteiger partial charge in [-0.3, -0.25) is 15.3 Å². The van der Waals surface area contributed by atoms with Gasteiger partial charge in [0, 0.05) is 0 Å². The summed E-state index contributed by atoms with van der Waals surface area (Å²) < 4.78 is 0. The van der Waals surface area contributed by atoms with E-state index in [9.17, 15) is 9.90 Å². The van der Waals surface area contributed by atoms with Crippen LogP contribution in [-0.2, 0) is 0 Å². The number of aromatic nitrogens is 2. The van der Waals surface area contributed by atoms with Crippen LogP contribution in [0.2, 0.25) is 5.02 Å². The van der Waals surface area contributed by atoms with Gasteiger partial charge >= 0.3 is 0 Å². The molecule has 0 spiro atoms. The molecule has 0 fully saturated rings. The fourth-order valence-corrected chi connectivity index (χ4v) is 1.37. The van der Waals surface area contributed by atoms with Crippen LogP contribution in [0.15, 0.2) is 23.3 Å². The second-order valence-corrected chi connectivity index (χ2v) is 2.93. The summed E-state index contributed by atoms with van der Waals surface area (Å²) >= 11 is 5.76. The molecule has 2 aromatic rings. The van der Waals surface area contributed by atoms with Crippen LogP contribution in [0.25, 0.3) is 10.9 Å². The standard InChI is InChI=1S/C8H5ClN2O2.H2O2/c9-4-1-2-5(12)7-6(4)8(13)11-3-10-7;1-2/h1-3,12H,(H,10,11,13);1-2H. The van der Waals surface area contributed by atoms with Crippen molar-refractivity contribution in [1.82, 2.24) is 9.97 Å². The summed E-state index contributed by atoms with van der Waals surface area (Å²) in [4.78, 5) is 17.5. The molecule has 2 rings (SSSR count). The third-order valence-corrected chi connectivity index (χ3v) is 2.04. The van der Waals surface area contributed by atoms with E-state index in [0.717, 1.165) is 0 Å². The Hall–Kier alpha value is -1.63. The molecule has 0 atom stereocenters. The second kappa shape index (κ2) is 4.74. The topological polar surface area (TPSA) is 106 Å². The fraction of sp³-hybridized carbons (Fsp3) is 0. The number of nitrogens with zero attached hydrogens (tertiary/aromatic N) is 1. The summed E-state index contributed by atoms with van der Waals surface area (Å²) in [6.45, 7) is 0. The molecule has 1 aromatic carbocycles. The van der Waals surface area contributed by atoms with Crippen molar-refractivity contribution >= 4 is 22.5 Å². The summed E-state index contributed by atoms with van der Waals surface area (Å²) in [5.74, 6) is -0.0505. The van der Waals surface area contributed by atoms with Crippen molar-refractivity contribution in [3.05, 3.63) is 33.8 Å². The molecule has 15 heavy (non-hydrogen) atoms. The zero-order valence-corrected chi connectivity index (χ0v) is 8.06. The van der Waals surface area contributed by atoms with Gasteiger partial charge in [0.15, 0.2) is 0 Å². The molecule has 0 radical (unpaired) electrons. The number of fused-ring (bicyclic) bond motifs is 1. The van der Waals surface area contributed by atoms with Crippen molar-refractivity contribution < 1.29 is 15.6 Å². The summed E-state index contributed by atoms with van der Waals surface area (Å²) in [5.41, 5.74) is -0.137. The van der Waals surface area contributed by atoms with Crippen LogP contribution in [0.3, 0.4) is 0 Å². The largest absolute Gasteiger partial charge is 0.506 e. The predicted octanol–water partition coefficient (Wildman–Crippen LogP) is 1.30. The van der Waals surface area contributed by atoms with Gasteiger partial charge < -0.3 is 10.1 Å². The van der Waals surface area contributed by atoms with Gasteiger partial charge in [0.2, 0.25) is 0 Å². The number of phenols is 1. The molecule has 0 aliphatic carbocycles. The number of halogens is 1. The molecule has 1 heterocycles. The number of nitrogens with one attached hydrogen (secondary N) is 1. The van der Waals surface area contributed by atoms with Crippen molar-refractivity contribution in [2.24, 2.45) is 0 Å². The maximum atomic E-state index is 11.3. The Morgan fingerprint density at radius 1 is 1.33 bits per heavy atom. The molecule has 0 bridgehead atoms. The first-order chi connectivity index (χ1) is 7.20. The first kappa shape index (κ1) is 11.4. The Morgan fingerprint density at radius 3 is 2.60 bits per heavy atom. The van der Waals surface area contributed by atoms with E-state index >= 15 is 0 Å². The van der Waals surface area contributed by atoms with E-state index in [1.807, 2.05) is 0 Å². The number of aromatic amines is 1. The Morgan fingerprint density at radius 2 is 2.00 bits per heavy atom. The average molecular weight is 231 g/mol. The lowest BCUT2D eigenvalue weighted by Gasteiger charge is -1.99. The average Bonchev–Trinajstić information content (AvgIpc) is 2.26. The monoisotopic (exact) mass is 230 g/mol. The van der Waals surface area contributed by atoms with Crippen LogP contribution in [0.1, 0.15) is 0 Å². The highest BCUT2D eigenvalue weighted by atomic mass is 35.5. The Labute approximate surface area is 88.3 Å². The Bertz CT molecular complexity index is 526. The van der Waals surface area contributed by atoms with Crippen molar-refractivity contribution in [3.8, 4) is 5.75 Å². The third kappa shape index (κ3) is 2.07. The van der Waals surface area contributed by atoms with Gasteiger partial charge in [-0.2, -0.15) is 0 Å². The van der Waals surface area contributed by atoms with E-state index in [2.05, 4.69) is 9.97 Å². The van der Waals surface area contributed by atoms with Gasteiger partial charge in [-0.1, -0.05) is 11.6 Å². The van der Waals surface area contributed by atoms with E-state index in [0.29, 0.717) is 0 Å². The molecule has 0 amide bonds. The van der Waals surface area contributed by atoms with Crippen LogP contribution in [0.4, 0.5) is 0 Å². The SMILES string of the molecule is O=c1[nH]cnc2c(O)ccc(Cl)c12.OO. The van der Waals surface area contributed by atoms with Gasteiger partial charge in [0.05, 0.1) is 16.7 Å². The van der Waals surface area contributed by atoms with Gasteiger partial charge in [-0.05, 0) is 12.1 Å². The van der Waals surface area contributed by atoms with Crippen LogP contribution in [-0.4, -0.2) is 25.6 Å². The highest BCUT2D eigenvalue weighted by molar-refractivity contribution is 6.35. The van der Waals surface area contributed by atoms with E-state index in [1.54, 1.807) is 0 Å². The van der Waals surface area contributed by atoms with Crippen LogP contribution in [0.5, 0.6) is 5.75 Å². The molecular weight excluding hydrogens is 224 g/mol. The Balaban J connectivity index is 0.000000531. The lowest BCUT2D eigenvalue weighted by atomic mass is 10.2. The normalized spacial score (nSPS) is 9.53. The van der Waals surface area contributed by atoms with Crippen molar-refractivity contribution in [1.29, 1.82) is 0 Å². The van der Waals surface area contributed by atoms with E-state index in [-0.39, 0.29) is 27.2 Å². The summed E-state index contributed by atoms with van der Waals surface area (Å²) in [6.07, 6.45) is 1.22. The smallest absolute Gasteiger partial charge is 0.260 e. The minimum atomic E-state index is -0.356. The summed E-state index contributed by atoms with van der Waals surface area (Å²) in [7, 11) is 0. The van der Waals surface area contributed by atoms with Crippen molar-refractivity contribution in [2.45, 2.75) is 0 Å². The van der Waals surface area contributed by atoms with Crippen molar-refractivity contribution in [3.63, 3.8) is 0 Å². The molecule has 0 saturated carbocycles. The molecular formula is C8H7ClN2O4. The number of benzene rings is 1. The third-order valence-electron chi connectivity index (χ3n) is 1.72. The van der Waals surface area contributed by atoms with Gasteiger partial charge in [0.25, 0.3) is 5.56 Å². The number of hydrogen-bond acceptors (Lipinski definition) is 5. The molecule has 0 aliphatic rings. The lowest BCUT2D eigenvalue weighted by Crippen LogP contribution is -2.06. The van der Waals surface area contributed by atoms with Crippen molar-refractivity contribution in [2.75, 3.05) is 0 Å². The maximum absolute atomic E-state index is 11.3. The highest BCUT2D eigenvalue weighted by Crippen LogP contribution is 2.25. The zero-order chi connectivity index (χ0) is 11.4. The van der Waals surface area contributed by atoms with Gasteiger partial charge in [-0.15, -0.1) is 0 Å². The second-order valence-electron chi connectivity index (χ2n) is 2.52. The number of hydrogen-bond donors (Lipinski definition) is 4.